The van der Waals surface area contributed by atoms with Gasteiger partial charge in [-0.25, -0.2) is 9.97 Å². The van der Waals surface area contributed by atoms with E-state index in [0.29, 0.717) is 6.54 Å². The summed E-state index contributed by atoms with van der Waals surface area (Å²) in [5.41, 5.74) is 1.75. The second-order valence-corrected chi connectivity index (χ2v) is 5.65. The molecular formula is C16H16F3N3O. The summed E-state index contributed by atoms with van der Waals surface area (Å²) in [7, 11) is 0. The first-order valence-electron chi connectivity index (χ1n) is 7.25. The molecule has 1 saturated carbocycles. The van der Waals surface area contributed by atoms with Gasteiger partial charge in [-0.05, 0) is 37.5 Å². The van der Waals surface area contributed by atoms with E-state index in [9.17, 15) is 13.2 Å². The summed E-state index contributed by atoms with van der Waals surface area (Å²) in [6.07, 6.45) is 0.762. The predicted molar refractivity (Wildman–Crippen MR) is 77.6 cm³/mol. The lowest BCUT2D eigenvalue weighted by Gasteiger charge is -2.18. The van der Waals surface area contributed by atoms with Crippen LogP contribution in [0, 0.1) is 6.92 Å². The van der Waals surface area contributed by atoms with Crippen molar-refractivity contribution >= 4 is 0 Å². The van der Waals surface area contributed by atoms with Crippen molar-refractivity contribution in [3.63, 3.8) is 0 Å². The van der Waals surface area contributed by atoms with Gasteiger partial charge in [-0.15, -0.1) is 13.2 Å². The van der Waals surface area contributed by atoms with Crippen molar-refractivity contribution in [3.05, 3.63) is 53.6 Å². The van der Waals surface area contributed by atoms with Crippen LogP contribution >= 0.6 is 0 Å². The lowest BCUT2D eigenvalue weighted by Crippen LogP contribution is -2.28. The molecule has 0 atom stereocenters. The van der Waals surface area contributed by atoms with E-state index in [-0.39, 0.29) is 11.3 Å². The van der Waals surface area contributed by atoms with Crippen LogP contribution in [0.5, 0.6) is 5.75 Å². The Kier molecular flexibility index (Phi) is 3.97. The highest BCUT2D eigenvalue weighted by Crippen LogP contribution is 2.46. The van der Waals surface area contributed by atoms with Crippen LogP contribution in [0.1, 0.15) is 29.8 Å². The smallest absolute Gasteiger partial charge is 0.406 e. The van der Waals surface area contributed by atoms with Crippen LogP contribution in [0.2, 0.25) is 0 Å². The van der Waals surface area contributed by atoms with E-state index in [1.54, 1.807) is 24.5 Å². The highest BCUT2D eigenvalue weighted by molar-refractivity contribution is 5.35. The van der Waals surface area contributed by atoms with Gasteiger partial charge in [-0.3, -0.25) is 0 Å². The van der Waals surface area contributed by atoms with Gasteiger partial charge >= 0.3 is 6.36 Å². The van der Waals surface area contributed by atoms with E-state index >= 15 is 0 Å². The molecule has 0 aliphatic heterocycles. The largest absolute Gasteiger partial charge is 0.573 e. The van der Waals surface area contributed by atoms with Crippen LogP contribution in [-0.4, -0.2) is 16.3 Å². The van der Waals surface area contributed by atoms with Gasteiger partial charge in [-0.2, -0.15) is 0 Å². The minimum absolute atomic E-state index is 0.179. The molecule has 1 fully saturated rings. The van der Waals surface area contributed by atoms with Crippen molar-refractivity contribution < 1.29 is 17.9 Å². The highest BCUT2D eigenvalue weighted by Gasteiger charge is 2.43. The summed E-state index contributed by atoms with van der Waals surface area (Å²) in [6, 6.07) is 6.04. The number of alkyl halides is 3. The first-order chi connectivity index (χ1) is 10.9. The number of halogens is 3. The Morgan fingerprint density at radius 3 is 2.26 bits per heavy atom. The summed E-state index contributed by atoms with van der Waals surface area (Å²) >= 11 is 0. The first-order valence-corrected chi connectivity index (χ1v) is 7.25. The third-order valence-electron chi connectivity index (χ3n) is 3.86. The van der Waals surface area contributed by atoms with E-state index in [0.717, 1.165) is 29.8 Å². The molecule has 0 bridgehead atoms. The zero-order valence-electron chi connectivity index (χ0n) is 12.5. The molecule has 122 valence electrons. The summed E-state index contributed by atoms with van der Waals surface area (Å²) in [5, 5.41) is 3.45. The number of benzene rings is 1. The Hall–Kier alpha value is -2.15. The minimum Gasteiger partial charge on any atom is -0.406 e. The molecule has 1 aliphatic carbocycles. The molecule has 4 nitrogen and oxygen atoms in total. The van der Waals surface area contributed by atoms with Crippen LogP contribution in [-0.2, 0) is 12.1 Å². The molecule has 1 aliphatic rings. The van der Waals surface area contributed by atoms with E-state index in [1.807, 2.05) is 6.92 Å². The molecule has 0 amide bonds. The Morgan fingerprint density at radius 1 is 1.13 bits per heavy atom. The third kappa shape index (κ3) is 3.98. The maximum atomic E-state index is 12.2. The number of aromatic nitrogens is 2. The zero-order valence-corrected chi connectivity index (χ0v) is 12.5. The van der Waals surface area contributed by atoms with Gasteiger partial charge < -0.3 is 10.1 Å². The summed E-state index contributed by atoms with van der Waals surface area (Å²) in [4.78, 5) is 8.29. The van der Waals surface area contributed by atoms with E-state index in [2.05, 4.69) is 20.0 Å². The molecule has 1 N–H and O–H groups in total. The molecule has 23 heavy (non-hydrogen) atoms. The van der Waals surface area contributed by atoms with Gasteiger partial charge in [0.2, 0.25) is 0 Å². The molecule has 0 saturated heterocycles. The Balaban J connectivity index is 1.65. The third-order valence-corrected chi connectivity index (χ3v) is 3.86. The van der Waals surface area contributed by atoms with Gasteiger partial charge in [0.1, 0.15) is 11.6 Å². The lowest BCUT2D eigenvalue weighted by molar-refractivity contribution is -0.274. The van der Waals surface area contributed by atoms with Gasteiger partial charge in [-0.1, -0.05) is 12.1 Å². The molecule has 1 aromatic heterocycles. The second-order valence-electron chi connectivity index (χ2n) is 5.65. The second kappa shape index (κ2) is 5.81. The molecule has 3 rings (SSSR count). The summed E-state index contributed by atoms with van der Waals surface area (Å²) < 4.78 is 40.4. The van der Waals surface area contributed by atoms with Gasteiger partial charge in [0, 0.05) is 30.0 Å². The van der Waals surface area contributed by atoms with Crippen molar-refractivity contribution in [2.45, 2.75) is 38.2 Å². The standard InChI is InChI=1S/C16H16F3N3O/c1-11-20-8-12(9-21-11)10-22-15(6-7-15)13-2-4-14(5-3-13)23-16(17,18)19/h2-5,8-9,22H,6-7,10H2,1H3. The van der Waals surface area contributed by atoms with Crippen molar-refractivity contribution in [1.29, 1.82) is 0 Å². The number of hydrogen-bond donors (Lipinski definition) is 1. The quantitative estimate of drug-likeness (QED) is 0.915. The van der Waals surface area contributed by atoms with Gasteiger partial charge in [0.15, 0.2) is 0 Å². The van der Waals surface area contributed by atoms with Crippen LogP contribution in [0.15, 0.2) is 36.7 Å². The van der Waals surface area contributed by atoms with Gasteiger partial charge in [0.25, 0.3) is 0 Å². The predicted octanol–water partition coefficient (Wildman–Crippen LogP) is 3.46. The molecule has 7 heteroatoms. The fourth-order valence-electron chi connectivity index (χ4n) is 2.45. The first kappa shape index (κ1) is 15.7. The Labute approximate surface area is 131 Å². The van der Waals surface area contributed by atoms with Crippen LogP contribution in [0.25, 0.3) is 0 Å². The fraction of sp³-hybridized carbons (Fsp3) is 0.375. The SMILES string of the molecule is Cc1ncc(CNC2(c3ccc(OC(F)(F)F)cc3)CC2)cn1. The number of ether oxygens (including phenoxy) is 1. The van der Waals surface area contributed by atoms with Crippen molar-refractivity contribution in [1.82, 2.24) is 15.3 Å². The molecule has 1 heterocycles. The van der Waals surface area contributed by atoms with E-state index < -0.39 is 6.36 Å². The molecule has 0 radical (unpaired) electrons. The number of nitrogens with one attached hydrogen (secondary N) is 1. The molecule has 0 spiro atoms. The van der Waals surface area contributed by atoms with Crippen molar-refractivity contribution in [2.75, 3.05) is 0 Å². The van der Waals surface area contributed by atoms with Crippen molar-refractivity contribution in [2.24, 2.45) is 0 Å². The fourth-order valence-corrected chi connectivity index (χ4v) is 2.45. The van der Waals surface area contributed by atoms with Crippen LogP contribution < -0.4 is 10.1 Å². The monoisotopic (exact) mass is 323 g/mol. The zero-order chi connectivity index (χ0) is 16.5. The number of aryl methyl sites for hydroxylation is 1. The normalized spacial score (nSPS) is 16.2. The molecule has 2 aromatic rings. The Morgan fingerprint density at radius 2 is 1.74 bits per heavy atom. The van der Waals surface area contributed by atoms with Gasteiger partial charge in [0.05, 0.1) is 0 Å². The van der Waals surface area contributed by atoms with Crippen molar-refractivity contribution in [3.8, 4) is 5.75 Å². The number of rotatable bonds is 5. The lowest BCUT2D eigenvalue weighted by atomic mass is 10.0. The summed E-state index contributed by atoms with van der Waals surface area (Å²) in [6.45, 7) is 2.44. The maximum absolute atomic E-state index is 12.2. The molecule has 0 unspecified atom stereocenters. The average molecular weight is 323 g/mol. The number of nitrogens with zero attached hydrogens (tertiary/aromatic N) is 2. The molecule has 1 aromatic carbocycles. The highest BCUT2D eigenvalue weighted by atomic mass is 19.4. The molecular weight excluding hydrogens is 307 g/mol. The Bertz CT molecular complexity index is 664. The average Bonchev–Trinajstić information content (AvgIpc) is 3.27. The van der Waals surface area contributed by atoms with E-state index in [4.69, 9.17) is 0 Å². The van der Waals surface area contributed by atoms with Crippen LogP contribution in [0.3, 0.4) is 0 Å². The minimum atomic E-state index is -4.66. The van der Waals surface area contributed by atoms with E-state index in [1.165, 1.54) is 12.1 Å². The maximum Gasteiger partial charge on any atom is 0.573 e. The number of hydrogen-bond acceptors (Lipinski definition) is 4. The summed E-state index contributed by atoms with van der Waals surface area (Å²) in [5.74, 6) is 0.513. The topological polar surface area (TPSA) is 47.0 Å². The van der Waals surface area contributed by atoms with Crippen LogP contribution in [0.4, 0.5) is 13.2 Å².